The van der Waals surface area contributed by atoms with Crippen LogP contribution in [-0.2, 0) is 11.3 Å². The van der Waals surface area contributed by atoms with Crippen molar-refractivity contribution in [2.24, 2.45) is 10.9 Å². The molecule has 5 nitrogen and oxygen atoms in total. The number of nitrogens with zero attached hydrogens (tertiary/aromatic N) is 1. The van der Waals surface area contributed by atoms with Crippen molar-refractivity contribution in [3.8, 4) is 0 Å². The lowest BCUT2D eigenvalue weighted by Gasteiger charge is -2.12. The van der Waals surface area contributed by atoms with Crippen LogP contribution in [0.1, 0.15) is 23.3 Å². The molecule has 1 aliphatic carbocycles. The van der Waals surface area contributed by atoms with E-state index in [9.17, 15) is 4.79 Å². The van der Waals surface area contributed by atoms with Crippen molar-refractivity contribution >= 4 is 23.2 Å². The van der Waals surface area contributed by atoms with E-state index in [2.05, 4.69) is 39.3 Å². The van der Waals surface area contributed by atoms with E-state index in [1.165, 1.54) is 10.4 Å². The van der Waals surface area contributed by atoms with Gasteiger partial charge in [-0.2, -0.15) is 0 Å². The Bertz CT molecular complexity index is 479. The van der Waals surface area contributed by atoms with Crippen molar-refractivity contribution in [3.05, 3.63) is 21.9 Å². The fourth-order valence-electron chi connectivity index (χ4n) is 1.83. The van der Waals surface area contributed by atoms with Crippen molar-refractivity contribution in [2.45, 2.75) is 26.3 Å². The number of thiophene rings is 1. The molecule has 3 N–H and O–H groups in total. The normalized spacial score (nSPS) is 15.0. The second-order valence-electron chi connectivity index (χ2n) is 4.94. The maximum atomic E-state index is 11.5. The molecule has 0 radical (unpaired) electrons. The quantitative estimate of drug-likeness (QED) is 0.420. The molecule has 1 aliphatic rings. The number of aliphatic imine (C=N–C) groups is 1. The summed E-state index contributed by atoms with van der Waals surface area (Å²) in [5.41, 5.74) is 1.30. The van der Waals surface area contributed by atoms with E-state index in [0.29, 0.717) is 13.1 Å². The first kappa shape index (κ1) is 14.8. The van der Waals surface area contributed by atoms with E-state index in [4.69, 9.17) is 0 Å². The predicted octanol–water partition coefficient (Wildman–Crippen LogP) is 1.25. The highest BCUT2D eigenvalue weighted by Crippen LogP contribution is 2.28. The van der Waals surface area contributed by atoms with Crippen LogP contribution in [0.5, 0.6) is 0 Å². The van der Waals surface area contributed by atoms with E-state index in [1.807, 2.05) is 0 Å². The number of amides is 1. The molecule has 1 amide bonds. The van der Waals surface area contributed by atoms with E-state index in [1.54, 1.807) is 18.4 Å². The Morgan fingerprint density at radius 3 is 2.70 bits per heavy atom. The molecule has 1 aromatic rings. The average Bonchev–Trinajstić information content (AvgIpc) is 3.22. The topological polar surface area (TPSA) is 65.5 Å². The summed E-state index contributed by atoms with van der Waals surface area (Å²) < 4.78 is 0. The molecule has 1 saturated carbocycles. The molecule has 0 saturated heterocycles. The number of hydrogen-bond acceptors (Lipinski definition) is 3. The minimum Gasteiger partial charge on any atom is -0.355 e. The van der Waals surface area contributed by atoms with Crippen LogP contribution in [-0.4, -0.2) is 32.0 Å². The van der Waals surface area contributed by atoms with E-state index in [0.717, 1.165) is 25.3 Å². The molecule has 6 heteroatoms. The third-order valence-electron chi connectivity index (χ3n) is 3.27. The SMILES string of the molecule is CN=C(NCCNC(=O)C1CC1)NCc1sccc1C. The Kier molecular flexibility index (Phi) is 5.40. The van der Waals surface area contributed by atoms with Crippen molar-refractivity contribution in [2.75, 3.05) is 20.1 Å². The van der Waals surface area contributed by atoms with Crippen LogP contribution in [0.25, 0.3) is 0 Å². The van der Waals surface area contributed by atoms with Gasteiger partial charge in [0.2, 0.25) is 5.91 Å². The Balaban J connectivity index is 1.62. The van der Waals surface area contributed by atoms with Gasteiger partial charge in [-0.25, -0.2) is 0 Å². The molecule has 0 atom stereocenters. The van der Waals surface area contributed by atoms with Gasteiger partial charge in [-0.05, 0) is 36.8 Å². The number of nitrogens with one attached hydrogen (secondary N) is 3. The van der Waals surface area contributed by atoms with Crippen LogP contribution < -0.4 is 16.0 Å². The van der Waals surface area contributed by atoms with Gasteiger partial charge in [0.15, 0.2) is 5.96 Å². The zero-order valence-electron chi connectivity index (χ0n) is 12.0. The third kappa shape index (κ3) is 4.52. The monoisotopic (exact) mass is 294 g/mol. The summed E-state index contributed by atoms with van der Waals surface area (Å²) in [6.45, 7) is 4.20. The summed E-state index contributed by atoms with van der Waals surface area (Å²) in [6, 6.07) is 2.12. The molecule has 1 heterocycles. The number of rotatable bonds is 6. The van der Waals surface area contributed by atoms with Crippen LogP contribution in [0, 0.1) is 12.8 Å². The van der Waals surface area contributed by atoms with Crippen molar-refractivity contribution in [1.29, 1.82) is 0 Å². The maximum Gasteiger partial charge on any atom is 0.223 e. The van der Waals surface area contributed by atoms with Gasteiger partial charge in [-0.15, -0.1) is 11.3 Å². The van der Waals surface area contributed by atoms with Gasteiger partial charge in [-0.3, -0.25) is 9.79 Å². The lowest BCUT2D eigenvalue weighted by atomic mass is 10.3. The minimum atomic E-state index is 0.184. The number of carbonyl (C=O) groups is 1. The van der Waals surface area contributed by atoms with E-state index in [-0.39, 0.29) is 11.8 Å². The minimum absolute atomic E-state index is 0.184. The molecule has 0 unspecified atom stereocenters. The lowest BCUT2D eigenvalue weighted by Crippen LogP contribution is -2.41. The van der Waals surface area contributed by atoms with Crippen molar-refractivity contribution < 1.29 is 4.79 Å². The standard InChI is InChI=1S/C14H22N4OS/c1-10-5-8-20-12(10)9-18-14(15-2)17-7-6-16-13(19)11-3-4-11/h5,8,11H,3-4,6-7,9H2,1-2H3,(H,16,19)(H2,15,17,18). The number of hydrogen-bond donors (Lipinski definition) is 3. The molecule has 2 rings (SSSR count). The highest BCUT2D eigenvalue weighted by atomic mass is 32.1. The van der Waals surface area contributed by atoms with Gasteiger partial charge < -0.3 is 16.0 Å². The summed E-state index contributed by atoms with van der Waals surface area (Å²) in [6.07, 6.45) is 2.09. The van der Waals surface area contributed by atoms with E-state index >= 15 is 0 Å². The fourth-order valence-corrected chi connectivity index (χ4v) is 2.67. The fraction of sp³-hybridized carbons (Fsp3) is 0.571. The van der Waals surface area contributed by atoms with Crippen molar-refractivity contribution in [3.63, 3.8) is 0 Å². The molecule has 1 fully saturated rings. The molecule has 0 bridgehead atoms. The van der Waals surface area contributed by atoms with Gasteiger partial charge in [0.05, 0.1) is 6.54 Å². The molecular weight excluding hydrogens is 272 g/mol. The predicted molar refractivity (Wildman–Crippen MR) is 83.0 cm³/mol. The van der Waals surface area contributed by atoms with Gasteiger partial charge >= 0.3 is 0 Å². The summed E-state index contributed by atoms with van der Waals surface area (Å²) in [7, 11) is 1.75. The lowest BCUT2D eigenvalue weighted by molar-refractivity contribution is -0.122. The van der Waals surface area contributed by atoms with Crippen molar-refractivity contribution in [1.82, 2.24) is 16.0 Å². The Labute approximate surface area is 123 Å². The summed E-state index contributed by atoms with van der Waals surface area (Å²) in [5, 5.41) is 11.5. The highest BCUT2D eigenvalue weighted by Gasteiger charge is 2.28. The zero-order valence-corrected chi connectivity index (χ0v) is 12.8. The third-order valence-corrected chi connectivity index (χ3v) is 4.30. The zero-order chi connectivity index (χ0) is 14.4. The molecule has 110 valence electrons. The summed E-state index contributed by atoms with van der Waals surface area (Å²) in [5.74, 6) is 1.22. The van der Waals surface area contributed by atoms with Gasteiger partial charge in [0, 0.05) is 30.9 Å². The van der Waals surface area contributed by atoms with E-state index < -0.39 is 0 Å². The summed E-state index contributed by atoms with van der Waals surface area (Å²) in [4.78, 5) is 16.9. The average molecular weight is 294 g/mol. The van der Waals surface area contributed by atoms with Gasteiger partial charge in [-0.1, -0.05) is 0 Å². The largest absolute Gasteiger partial charge is 0.355 e. The second kappa shape index (κ2) is 7.28. The smallest absolute Gasteiger partial charge is 0.223 e. The Hall–Kier alpha value is -1.56. The number of aryl methyl sites for hydroxylation is 1. The number of guanidine groups is 1. The number of carbonyl (C=O) groups excluding carboxylic acids is 1. The van der Waals surface area contributed by atoms with Crippen LogP contribution in [0.4, 0.5) is 0 Å². The molecule has 0 aromatic carbocycles. The first-order valence-electron chi connectivity index (χ1n) is 6.96. The molecule has 0 spiro atoms. The Morgan fingerprint density at radius 2 is 2.10 bits per heavy atom. The Morgan fingerprint density at radius 1 is 1.35 bits per heavy atom. The maximum absolute atomic E-state index is 11.5. The van der Waals surface area contributed by atoms with Crippen LogP contribution in [0.2, 0.25) is 0 Å². The molecule has 0 aliphatic heterocycles. The van der Waals surface area contributed by atoms with Gasteiger partial charge in [0.25, 0.3) is 0 Å². The first-order valence-corrected chi connectivity index (χ1v) is 7.84. The second-order valence-corrected chi connectivity index (χ2v) is 5.95. The molecular formula is C14H22N4OS. The summed E-state index contributed by atoms with van der Waals surface area (Å²) >= 11 is 1.74. The first-order chi connectivity index (χ1) is 9.70. The van der Waals surface area contributed by atoms with Crippen LogP contribution in [0.15, 0.2) is 16.4 Å². The highest BCUT2D eigenvalue weighted by molar-refractivity contribution is 7.10. The van der Waals surface area contributed by atoms with Crippen LogP contribution in [0.3, 0.4) is 0 Å². The van der Waals surface area contributed by atoms with Crippen LogP contribution >= 0.6 is 11.3 Å². The molecule has 1 aromatic heterocycles. The molecule has 20 heavy (non-hydrogen) atoms. The van der Waals surface area contributed by atoms with Gasteiger partial charge in [0.1, 0.15) is 0 Å².